The minimum atomic E-state index is -1.15. The summed E-state index contributed by atoms with van der Waals surface area (Å²) >= 11 is 0. The largest absolute Gasteiger partial charge is 0.481 e. The highest BCUT2D eigenvalue weighted by Crippen LogP contribution is 2.36. The molecule has 15 N–H and O–H groups in total. The van der Waals surface area contributed by atoms with Crippen molar-refractivity contribution in [1.82, 2.24) is 47.2 Å². The lowest BCUT2D eigenvalue weighted by molar-refractivity contribution is -0.138. The van der Waals surface area contributed by atoms with Gasteiger partial charge < -0.3 is 78.3 Å². The van der Waals surface area contributed by atoms with E-state index in [0.29, 0.717) is 75.6 Å². The number of aromatic nitrogens is 2. The zero-order valence-electron chi connectivity index (χ0n) is 50.4. The molecule has 4 aromatic carbocycles. The van der Waals surface area contributed by atoms with Crippen molar-refractivity contribution in [3.8, 4) is 0 Å². The lowest BCUT2D eigenvalue weighted by Crippen LogP contribution is -2.45. The topological polar surface area (TPSA) is 363 Å². The Hall–Kier alpha value is -8.80. The number of nitrogens with one attached hydrogen (secondary N) is 9. The van der Waals surface area contributed by atoms with Crippen LogP contribution in [0.5, 0.6) is 0 Å². The number of para-hydroxylation sites is 2. The van der Waals surface area contributed by atoms with Gasteiger partial charge in [0.2, 0.25) is 29.5 Å². The molecule has 0 aliphatic heterocycles. The Balaban J connectivity index is 0.983. The van der Waals surface area contributed by atoms with E-state index in [4.69, 9.17) is 20.9 Å². The van der Waals surface area contributed by atoms with E-state index in [9.17, 15) is 48.6 Å². The normalized spacial score (nSPS) is 15.5. The van der Waals surface area contributed by atoms with Crippen LogP contribution in [0.1, 0.15) is 143 Å². The van der Waals surface area contributed by atoms with E-state index in [0.717, 1.165) is 45.8 Å². The van der Waals surface area contributed by atoms with Crippen LogP contribution >= 0.6 is 0 Å². The van der Waals surface area contributed by atoms with E-state index in [1.807, 2.05) is 109 Å². The molecule has 0 bridgehead atoms. The molecule has 0 radical (unpaired) electrons. The Bertz CT molecular complexity index is 3230. The van der Waals surface area contributed by atoms with Crippen LogP contribution in [0.3, 0.4) is 0 Å². The summed E-state index contributed by atoms with van der Waals surface area (Å²) in [5, 5.41) is 42.1. The van der Waals surface area contributed by atoms with Crippen LogP contribution in [-0.2, 0) is 51.5 Å². The number of carbonyl (C=O) groups is 8. The molecule has 8 atom stereocenters. The minimum Gasteiger partial charge on any atom is -0.481 e. The molecular formula is C66H87N11O12. The van der Waals surface area contributed by atoms with Crippen molar-refractivity contribution in [3.63, 3.8) is 0 Å². The molecule has 1 aliphatic carbocycles. The van der Waals surface area contributed by atoms with Crippen LogP contribution in [0.2, 0.25) is 0 Å². The van der Waals surface area contributed by atoms with Crippen molar-refractivity contribution in [2.24, 2.45) is 17.4 Å². The monoisotopic (exact) mass is 1230 g/mol. The zero-order valence-corrected chi connectivity index (χ0v) is 50.4. The second-order valence-corrected chi connectivity index (χ2v) is 23.0. The average Bonchev–Trinajstić information content (AvgIpc) is 2.41. The summed E-state index contributed by atoms with van der Waals surface area (Å²) in [7, 11) is 0. The van der Waals surface area contributed by atoms with E-state index in [1.54, 1.807) is 12.4 Å². The highest BCUT2D eigenvalue weighted by atomic mass is 16.6. The highest BCUT2D eigenvalue weighted by molar-refractivity contribution is 5.89. The SMILES string of the molecule is NCCCCC(NC(=O)CC(NC(=O)CC(NC(=O)CC(CCC(=O)O)NC(=O)CC(CCCCNC(=O)OCc1ccccc1)NC(=O)CC(N)CCCCNC(=O)OCc1ccccc1)c1c[nH]c2ccccc12)c1c[nH]c2ccccc12)C1CC1O. The molecule has 7 rings (SSSR count). The Morgan fingerprint density at radius 3 is 1.46 bits per heavy atom. The second kappa shape index (κ2) is 35.9. The van der Waals surface area contributed by atoms with Gasteiger partial charge in [-0.25, -0.2) is 9.59 Å². The van der Waals surface area contributed by atoms with Gasteiger partial charge >= 0.3 is 18.2 Å². The molecule has 478 valence electrons. The third-order valence-electron chi connectivity index (χ3n) is 15.8. The van der Waals surface area contributed by atoms with Gasteiger partial charge in [-0.1, -0.05) is 110 Å². The van der Waals surface area contributed by atoms with Crippen LogP contribution in [0.25, 0.3) is 21.8 Å². The van der Waals surface area contributed by atoms with Gasteiger partial charge in [0.15, 0.2) is 0 Å². The van der Waals surface area contributed by atoms with Gasteiger partial charge in [-0.05, 0) is 87.6 Å². The fourth-order valence-electron chi connectivity index (χ4n) is 11.0. The van der Waals surface area contributed by atoms with E-state index in [1.165, 1.54) is 0 Å². The van der Waals surface area contributed by atoms with Crippen molar-refractivity contribution < 1.29 is 58.0 Å². The number of carbonyl (C=O) groups excluding carboxylic acids is 7. The number of aromatic amines is 2. The summed E-state index contributed by atoms with van der Waals surface area (Å²) in [6.45, 7) is 1.35. The van der Waals surface area contributed by atoms with E-state index in [2.05, 4.69) is 47.2 Å². The number of carboxylic acids is 1. The van der Waals surface area contributed by atoms with Crippen LogP contribution in [-0.4, -0.2) is 118 Å². The molecule has 1 fully saturated rings. The fourth-order valence-corrected chi connectivity index (χ4v) is 11.0. The summed E-state index contributed by atoms with van der Waals surface area (Å²) < 4.78 is 10.6. The number of aliphatic hydroxyl groups is 1. The van der Waals surface area contributed by atoms with E-state index < -0.39 is 84.5 Å². The number of rotatable bonds is 39. The summed E-state index contributed by atoms with van der Waals surface area (Å²) in [5.74, 6) is -3.58. The number of benzene rings is 4. The van der Waals surface area contributed by atoms with E-state index in [-0.39, 0.29) is 76.2 Å². The van der Waals surface area contributed by atoms with Crippen LogP contribution in [0.15, 0.2) is 122 Å². The van der Waals surface area contributed by atoms with Crippen molar-refractivity contribution in [1.29, 1.82) is 0 Å². The quantitative estimate of drug-likeness (QED) is 0.0174. The number of aliphatic hydroxyl groups excluding tert-OH is 1. The number of alkyl carbamates (subject to hydrolysis) is 2. The van der Waals surface area contributed by atoms with Gasteiger partial charge in [0.05, 0.1) is 31.0 Å². The lowest BCUT2D eigenvalue weighted by atomic mass is 9.98. The number of aliphatic carboxylic acids is 1. The number of amides is 7. The second-order valence-electron chi connectivity index (χ2n) is 23.0. The summed E-state index contributed by atoms with van der Waals surface area (Å²) in [6.07, 6.45) is 5.91. The number of hydrogen-bond acceptors (Lipinski definition) is 13. The molecule has 1 aliphatic rings. The van der Waals surface area contributed by atoms with E-state index >= 15 is 0 Å². The Morgan fingerprint density at radius 2 is 0.955 bits per heavy atom. The molecular weight excluding hydrogens is 1140 g/mol. The number of H-pyrrole nitrogens is 2. The molecule has 0 saturated heterocycles. The minimum absolute atomic E-state index is 0.0575. The van der Waals surface area contributed by atoms with Gasteiger partial charge in [-0.3, -0.25) is 28.8 Å². The third kappa shape index (κ3) is 23.7. The fraction of sp³-hybridized carbons (Fsp3) is 0.455. The van der Waals surface area contributed by atoms with Gasteiger partial charge in [-0.15, -0.1) is 0 Å². The van der Waals surface area contributed by atoms with Gasteiger partial charge in [0, 0.05) is 114 Å². The van der Waals surface area contributed by atoms with Gasteiger partial charge in [-0.2, -0.15) is 0 Å². The highest BCUT2D eigenvalue weighted by Gasteiger charge is 2.42. The summed E-state index contributed by atoms with van der Waals surface area (Å²) in [5.41, 5.74) is 16.7. The predicted molar refractivity (Wildman–Crippen MR) is 336 cm³/mol. The molecule has 0 spiro atoms. The molecule has 2 aromatic heterocycles. The first kappa shape index (κ1) is 67.7. The first-order chi connectivity index (χ1) is 43.1. The Morgan fingerprint density at radius 1 is 0.517 bits per heavy atom. The number of hydrogen-bond donors (Lipinski definition) is 13. The maximum atomic E-state index is 14.5. The summed E-state index contributed by atoms with van der Waals surface area (Å²) in [6, 6.07) is 29.1. The van der Waals surface area contributed by atoms with Crippen molar-refractivity contribution in [2.75, 3.05) is 19.6 Å². The number of unbranched alkanes of at least 4 members (excludes halogenated alkanes) is 3. The molecule has 2 heterocycles. The molecule has 6 aromatic rings. The maximum absolute atomic E-state index is 14.5. The molecule has 23 heteroatoms. The third-order valence-corrected chi connectivity index (χ3v) is 15.8. The number of fused-ring (bicyclic) bond motifs is 2. The van der Waals surface area contributed by atoms with Gasteiger partial charge in [0.1, 0.15) is 13.2 Å². The number of carboxylic acid groups (broad SMARTS) is 1. The van der Waals surface area contributed by atoms with Crippen molar-refractivity contribution in [2.45, 2.75) is 165 Å². The van der Waals surface area contributed by atoms with Crippen molar-refractivity contribution in [3.05, 3.63) is 144 Å². The van der Waals surface area contributed by atoms with Crippen LogP contribution < -0.4 is 48.7 Å². The van der Waals surface area contributed by atoms with Crippen LogP contribution in [0.4, 0.5) is 9.59 Å². The first-order valence-corrected chi connectivity index (χ1v) is 30.9. The van der Waals surface area contributed by atoms with Crippen molar-refractivity contribution >= 4 is 69.5 Å². The molecule has 1 saturated carbocycles. The standard InChI is InChI=1S/C66H87N11O12/c67-30-14-11-27-55(50-36-58(50)78)75-62(82)37-57(52-40-72-54-26-10-8-24-49(52)54)77-63(83)38-56(51-39-71-53-25-9-7-23-48(51)53)76-61(81)35-47(28-29-64(84)85)74-60(80)34-46(22-13-16-32-70-66(87)89-42-44-19-5-2-6-20-44)73-59(79)33-45(68)21-12-15-31-69-65(86)88-41-43-17-3-1-4-18-43/h1-10,17-20,23-26,39-40,45-47,50,55-58,71-72,78H,11-16,21-22,27-38,41-42,67-68H2,(H,69,86)(H,70,87)(H,73,79)(H,74,80)(H,75,82)(H,76,81)(H,77,83)(H,84,85). The maximum Gasteiger partial charge on any atom is 0.407 e. The molecule has 7 amide bonds. The molecule has 8 unspecified atom stereocenters. The first-order valence-electron chi connectivity index (χ1n) is 30.9. The smallest absolute Gasteiger partial charge is 0.407 e. The van der Waals surface area contributed by atoms with Crippen LogP contribution in [0, 0.1) is 5.92 Å². The van der Waals surface area contributed by atoms with Gasteiger partial charge in [0.25, 0.3) is 0 Å². The zero-order chi connectivity index (χ0) is 63.3. The predicted octanol–water partition coefficient (Wildman–Crippen LogP) is 6.96. The Kier molecular flexibility index (Phi) is 27.3. The molecule has 89 heavy (non-hydrogen) atoms. The average molecular weight is 1230 g/mol. The summed E-state index contributed by atoms with van der Waals surface area (Å²) in [4.78, 5) is 114. The number of nitrogens with two attached hydrogens (primary N) is 2. The lowest BCUT2D eigenvalue weighted by Gasteiger charge is -2.25. The molecule has 23 nitrogen and oxygen atoms in total. The Labute approximate surface area is 518 Å². The number of ether oxygens (including phenoxy) is 2.